The van der Waals surface area contributed by atoms with Crippen LogP contribution in [0.2, 0.25) is 0 Å². The van der Waals surface area contributed by atoms with E-state index in [-0.39, 0.29) is 12.3 Å². The molecule has 0 saturated heterocycles. The number of carboxylic acids is 1. The van der Waals surface area contributed by atoms with Crippen LogP contribution in [0.3, 0.4) is 0 Å². The molecule has 0 aliphatic rings. The highest BCUT2D eigenvalue weighted by Crippen LogP contribution is 2.27. The molecule has 0 aliphatic heterocycles. The number of hydrogen-bond acceptors (Lipinski definition) is 4. The van der Waals surface area contributed by atoms with Crippen molar-refractivity contribution < 1.29 is 14.4 Å². The Bertz CT molecular complexity index is 543. The smallest absolute Gasteiger partial charge is 0.308 e. The summed E-state index contributed by atoms with van der Waals surface area (Å²) in [7, 11) is 0. The summed E-state index contributed by atoms with van der Waals surface area (Å²) >= 11 is 0. The van der Waals surface area contributed by atoms with Gasteiger partial charge in [0, 0.05) is 5.56 Å². The fraction of sp³-hybridized carbons (Fsp3) is 0.167. The number of aliphatic carboxylic acids is 1. The first-order valence-corrected chi connectivity index (χ1v) is 5.11. The molecular formula is C12H12N2O3. The summed E-state index contributed by atoms with van der Waals surface area (Å²) < 4.78 is 4.85. The van der Waals surface area contributed by atoms with E-state index in [2.05, 4.69) is 5.16 Å². The molecule has 1 aromatic carbocycles. The van der Waals surface area contributed by atoms with Crippen molar-refractivity contribution in [3.63, 3.8) is 0 Å². The van der Waals surface area contributed by atoms with E-state index >= 15 is 0 Å². The Morgan fingerprint density at radius 1 is 1.41 bits per heavy atom. The fourth-order valence-electron chi connectivity index (χ4n) is 1.58. The monoisotopic (exact) mass is 232 g/mol. The van der Waals surface area contributed by atoms with Crippen LogP contribution in [0.1, 0.15) is 11.1 Å². The summed E-state index contributed by atoms with van der Waals surface area (Å²) in [6.07, 6.45) is -0.196. The molecule has 17 heavy (non-hydrogen) atoms. The molecule has 3 N–H and O–H groups in total. The van der Waals surface area contributed by atoms with Crippen molar-refractivity contribution in [3.05, 3.63) is 35.4 Å². The number of rotatable bonds is 3. The number of nitrogen functional groups attached to an aromatic ring is 1. The van der Waals surface area contributed by atoms with Gasteiger partial charge in [0.2, 0.25) is 5.88 Å². The molecule has 0 saturated carbocycles. The van der Waals surface area contributed by atoms with Gasteiger partial charge in [-0.25, -0.2) is 0 Å². The first-order chi connectivity index (χ1) is 8.08. The van der Waals surface area contributed by atoms with Crippen LogP contribution in [0.5, 0.6) is 0 Å². The zero-order valence-corrected chi connectivity index (χ0v) is 9.30. The highest BCUT2D eigenvalue weighted by molar-refractivity contribution is 5.77. The van der Waals surface area contributed by atoms with Gasteiger partial charge in [-0.1, -0.05) is 35.0 Å². The van der Waals surface area contributed by atoms with E-state index in [9.17, 15) is 4.79 Å². The Morgan fingerprint density at radius 2 is 2.06 bits per heavy atom. The minimum Gasteiger partial charge on any atom is -0.481 e. The number of aromatic nitrogens is 1. The average Bonchev–Trinajstić information content (AvgIpc) is 2.61. The maximum absolute atomic E-state index is 10.7. The molecule has 5 heteroatoms. The van der Waals surface area contributed by atoms with Crippen molar-refractivity contribution in [1.29, 1.82) is 0 Å². The number of benzene rings is 1. The lowest BCUT2D eigenvalue weighted by molar-refractivity contribution is -0.136. The van der Waals surface area contributed by atoms with E-state index in [4.69, 9.17) is 15.4 Å². The molecule has 0 unspecified atom stereocenters. The van der Waals surface area contributed by atoms with Gasteiger partial charge in [-0.3, -0.25) is 4.79 Å². The predicted molar refractivity (Wildman–Crippen MR) is 62.4 cm³/mol. The number of aryl methyl sites for hydroxylation is 1. The minimum atomic E-state index is -0.965. The number of anilines is 1. The molecule has 2 rings (SSSR count). The van der Waals surface area contributed by atoms with Crippen molar-refractivity contribution in [2.75, 3.05) is 5.73 Å². The Morgan fingerprint density at radius 3 is 2.65 bits per heavy atom. The van der Waals surface area contributed by atoms with Crippen LogP contribution in [-0.4, -0.2) is 16.2 Å². The van der Waals surface area contributed by atoms with E-state index in [1.165, 1.54) is 0 Å². The molecule has 0 radical (unpaired) electrons. The molecule has 0 bridgehead atoms. The molecule has 88 valence electrons. The van der Waals surface area contributed by atoms with E-state index in [0.29, 0.717) is 11.3 Å². The van der Waals surface area contributed by atoms with Crippen molar-refractivity contribution in [2.24, 2.45) is 0 Å². The van der Waals surface area contributed by atoms with Gasteiger partial charge in [0.25, 0.3) is 0 Å². The summed E-state index contributed by atoms with van der Waals surface area (Å²) in [6.45, 7) is 1.97. The number of nitrogens with two attached hydrogens (primary N) is 1. The van der Waals surface area contributed by atoms with Gasteiger partial charge in [-0.2, -0.15) is 0 Å². The third-order valence-corrected chi connectivity index (χ3v) is 2.47. The van der Waals surface area contributed by atoms with E-state index in [1.54, 1.807) is 0 Å². The third kappa shape index (κ3) is 2.28. The molecular weight excluding hydrogens is 220 g/mol. The van der Waals surface area contributed by atoms with E-state index in [1.807, 2.05) is 31.2 Å². The second kappa shape index (κ2) is 4.29. The lowest BCUT2D eigenvalue weighted by Gasteiger charge is -2.00. The van der Waals surface area contributed by atoms with Gasteiger partial charge < -0.3 is 15.4 Å². The Kier molecular flexibility index (Phi) is 2.82. The van der Waals surface area contributed by atoms with Crippen molar-refractivity contribution >= 4 is 11.9 Å². The quantitative estimate of drug-likeness (QED) is 0.843. The number of nitrogens with zero attached hydrogens (tertiary/aromatic N) is 1. The highest BCUT2D eigenvalue weighted by Gasteiger charge is 2.17. The Balaban J connectivity index is 2.45. The molecule has 1 heterocycles. The van der Waals surface area contributed by atoms with Crippen LogP contribution >= 0.6 is 0 Å². The lowest BCUT2D eigenvalue weighted by atomic mass is 10.0. The van der Waals surface area contributed by atoms with E-state index < -0.39 is 5.97 Å². The highest BCUT2D eigenvalue weighted by atomic mass is 16.5. The van der Waals surface area contributed by atoms with Crippen molar-refractivity contribution in [2.45, 2.75) is 13.3 Å². The molecule has 1 aromatic heterocycles. The van der Waals surface area contributed by atoms with Crippen LogP contribution in [0.4, 0.5) is 5.88 Å². The van der Waals surface area contributed by atoms with Gasteiger partial charge in [-0.15, -0.1) is 0 Å². The average molecular weight is 232 g/mol. The molecule has 0 atom stereocenters. The van der Waals surface area contributed by atoms with Crippen LogP contribution in [0.25, 0.3) is 11.3 Å². The minimum absolute atomic E-state index is 0.0583. The van der Waals surface area contributed by atoms with Crippen LogP contribution in [0.15, 0.2) is 28.8 Å². The molecule has 0 amide bonds. The van der Waals surface area contributed by atoms with Gasteiger partial charge >= 0.3 is 5.97 Å². The second-order valence-electron chi connectivity index (χ2n) is 3.81. The van der Waals surface area contributed by atoms with Gasteiger partial charge in [-0.05, 0) is 6.92 Å². The summed E-state index contributed by atoms with van der Waals surface area (Å²) in [4.78, 5) is 10.7. The number of carboxylic acid groups (broad SMARTS) is 1. The molecule has 0 spiro atoms. The van der Waals surface area contributed by atoms with Crippen LogP contribution in [-0.2, 0) is 11.2 Å². The molecule has 2 aromatic rings. The fourth-order valence-corrected chi connectivity index (χ4v) is 1.58. The SMILES string of the molecule is Cc1ccc(-c2noc(N)c2CC(=O)O)cc1. The first kappa shape index (κ1) is 11.2. The molecule has 0 fully saturated rings. The lowest BCUT2D eigenvalue weighted by Crippen LogP contribution is -2.03. The summed E-state index contributed by atoms with van der Waals surface area (Å²) in [6, 6.07) is 7.56. The summed E-state index contributed by atoms with van der Waals surface area (Å²) in [5.74, 6) is -0.906. The largest absolute Gasteiger partial charge is 0.481 e. The zero-order chi connectivity index (χ0) is 12.4. The molecule has 5 nitrogen and oxygen atoms in total. The Hall–Kier alpha value is -2.30. The number of carbonyl (C=O) groups is 1. The van der Waals surface area contributed by atoms with Gasteiger partial charge in [0.05, 0.1) is 12.0 Å². The van der Waals surface area contributed by atoms with Gasteiger partial charge in [0.15, 0.2) is 0 Å². The maximum atomic E-state index is 10.7. The van der Waals surface area contributed by atoms with Crippen molar-refractivity contribution in [3.8, 4) is 11.3 Å². The normalized spacial score (nSPS) is 10.4. The third-order valence-electron chi connectivity index (χ3n) is 2.47. The van der Waals surface area contributed by atoms with Crippen LogP contribution in [0, 0.1) is 6.92 Å². The Labute approximate surface area is 97.8 Å². The summed E-state index contributed by atoms with van der Waals surface area (Å²) in [5, 5.41) is 12.6. The van der Waals surface area contributed by atoms with Gasteiger partial charge in [0.1, 0.15) is 5.69 Å². The van der Waals surface area contributed by atoms with E-state index in [0.717, 1.165) is 11.1 Å². The maximum Gasteiger partial charge on any atom is 0.308 e. The predicted octanol–water partition coefficient (Wildman–Crippen LogP) is 1.86. The van der Waals surface area contributed by atoms with Crippen LogP contribution < -0.4 is 5.73 Å². The number of hydrogen-bond donors (Lipinski definition) is 2. The van der Waals surface area contributed by atoms with Crippen molar-refractivity contribution in [1.82, 2.24) is 5.16 Å². The second-order valence-corrected chi connectivity index (χ2v) is 3.81. The summed E-state index contributed by atoms with van der Waals surface area (Å²) in [5.41, 5.74) is 8.39. The first-order valence-electron chi connectivity index (χ1n) is 5.11. The standard InChI is InChI=1S/C12H12N2O3/c1-7-2-4-8(5-3-7)11-9(6-10(15)16)12(13)17-14-11/h2-5H,6,13H2,1H3,(H,15,16). The molecule has 0 aliphatic carbocycles. The zero-order valence-electron chi connectivity index (χ0n) is 9.30. The topological polar surface area (TPSA) is 89.4 Å².